The van der Waals surface area contributed by atoms with E-state index in [1.165, 1.54) is 22.3 Å². The third kappa shape index (κ3) is 3.12. The Bertz CT molecular complexity index is 1230. The molecule has 0 N–H and O–H groups in total. The zero-order valence-corrected chi connectivity index (χ0v) is 20.6. The van der Waals surface area contributed by atoms with E-state index in [1.807, 2.05) is 0 Å². The van der Waals surface area contributed by atoms with Gasteiger partial charge in [-0.1, -0.05) is 60.7 Å². The lowest BCUT2D eigenvalue weighted by atomic mass is 9.86. The Labute approximate surface area is 201 Å². The highest BCUT2D eigenvalue weighted by Crippen LogP contribution is 2.50. The van der Waals surface area contributed by atoms with Crippen LogP contribution in [-0.4, -0.2) is 28.4 Å². The molecule has 0 bridgehead atoms. The number of hydrogen-bond donors (Lipinski definition) is 0. The number of ether oxygens (including phenoxy) is 4. The fourth-order valence-electron chi connectivity index (χ4n) is 5.68. The quantitative estimate of drug-likeness (QED) is 0.425. The molecule has 0 radical (unpaired) electrons. The zero-order chi connectivity index (χ0) is 24.0. The molecule has 0 amide bonds. The second kappa shape index (κ2) is 8.60. The minimum absolute atomic E-state index is 0.0370. The van der Waals surface area contributed by atoms with Gasteiger partial charge in [-0.3, -0.25) is 0 Å². The third-order valence-electron chi connectivity index (χ3n) is 7.08. The molecule has 3 aromatic rings. The first-order valence-corrected chi connectivity index (χ1v) is 11.5. The molecule has 0 heterocycles. The van der Waals surface area contributed by atoms with Crippen molar-refractivity contribution in [1.29, 1.82) is 0 Å². The molecule has 0 aromatic heterocycles. The Morgan fingerprint density at radius 2 is 0.941 bits per heavy atom. The number of methoxy groups -OCH3 is 4. The van der Waals surface area contributed by atoms with Crippen LogP contribution < -0.4 is 0 Å². The van der Waals surface area contributed by atoms with Crippen molar-refractivity contribution in [1.82, 2.24) is 0 Å². The molecule has 0 aliphatic heterocycles. The molecule has 0 saturated heterocycles. The van der Waals surface area contributed by atoms with Gasteiger partial charge < -0.3 is 18.9 Å². The molecule has 4 heteroatoms. The maximum absolute atomic E-state index is 5.93. The molecule has 4 nitrogen and oxygen atoms in total. The standard InChI is InChI=1S/C30H30O4/c1-17-10-7-14-21-23(17)27(31-3)29(33-5)25(21)19-12-9-13-20(16-19)26-22-15-8-11-18(2)24(22)28(32-4)30(26)34-6/h7-16,25-26H,1-6H3. The van der Waals surface area contributed by atoms with E-state index in [9.17, 15) is 0 Å². The minimum Gasteiger partial charge on any atom is -0.496 e. The molecule has 34 heavy (non-hydrogen) atoms. The summed E-state index contributed by atoms with van der Waals surface area (Å²) in [5.41, 5.74) is 9.32. The molecule has 2 aliphatic rings. The zero-order valence-electron chi connectivity index (χ0n) is 20.6. The number of benzene rings is 3. The smallest absolute Gasteiger partial charge is 0.165 e. The molecule has 174 valence electrons. The van der Waals surface area contributed by atoms with Gasteiger partial charge >= 0.3 is 0 Å². The molecule has 0 spiro atoms. The van der Waals surface area contributed by atoms with Crippen LogP contribution in [0.1, 0.15) is 56.3 Å². The van der Waals surface area contributed by atoms with E-state index in [4.69, 9.17) is 18.9 Å². The number of allylic oxidation sites excluding steroid dienone is 2. The van der Waals surface area contributed by atoms with Gasteiger partial charge in [0.1, 0.15) is 11.5 Å². The third-order valence-corrected chi connectivity index (χ3v) is 7.08. The van der Waals surface area contributed by atoms with Crippen molar-refractivity contribution in [3.05, 3.63) is 117 Å². The fourth-order valence-corrected chi connectivity index (χ4v) is 5.68. The van der Waals surface area contributed by atoms with Crippen LogP contribution in [0.4, 0.5) is 0 Å². The van der Waals surface area contributed by atoms with Crippen molar-refractivity contribution < 1.29 is 18.9 Å². The highest BCUT2D eigenvalue weighted by atomic mass is 16.5. The summed E-state index contributed by atoms with van der Waals surface area (Å²) in [4.78, 5) is 0. The Morgan fingerprint density at radius 3 is 1.32 bits per heavy atom. The Kier molecular flexibility index (Phi) is 5.60. The molecule has 2 atom stereocenters. The van der Waals surface area contributed by atoms with Gasteiger partial charge in [0.05, 0.1) is 40.3 Å². The van der Waals surface area contributed by atoms with E-state index in [0.29, 0.717) is 0 Å². The summed E-state index contributed by atoms with van der Waals surface area (Å²) in [6, 6.07) is 21.5. The maximum atomic E-state index is 5.93. The molecule has 5 rings (SSSR count). The molecular formula is C30H30O4. The van der Waals surface area contributed by atoms with Gasteiger partial charge in [-0.25, -0.2) is 0 Å². The van der Waals surface area contributed by atoms with E-state index in [0.717, 1.165) is 45.3 Å². The summed E-state index contributed by atoms with van der Waals surface area (Å²) in [7, 11) is 6.87. The van der Waals surface area contributed by atoms with Gasteiger partial charge in [0, 0.05) is 11.1 Å². The summed E-state index contributed by atoms with van der Waals surface area (Å²) < 4.78 is 23.5. The summed E-state index contributed by atoms with van der Waals surface area (Å²) >= 11 is 0. The number of aryl methyl sites for hydroxylation is 2. The van der Waals surface area contributed by atoms with Crippen LogP contribution in [0.5, 0.6) is 0 Å². The van der Waals surface area contributed by atoms with Crippen molar-refractivity contribution in [2.24, 2.45) is 0 Å². The van der Waals surface area contributed by atoms with E-state index < -0.39 is 0 Å². The molecule has 0 fully saturated rings. The molecule has 0 saturated carbocycles. The summed E-state index contributed by atoms with van der Waals surface area (Å²) in [5.74, 6) is 3.23. The highest BCUT2D eigenvalue weighted by molar-refractivity contribution is 5.78. The summed E-state index contributed by atoms with van der Waals surface area (Å²) in [6.07, 6.45) is 0. The lowest BCUT2D eigenvalue weighted by molar-refractivity contribution is 0.255. The number of fused-ring (bicyclic) bond motifs is 2. The molecule has 2 unspecified atom stereocenters. The van der Waals surface area contributed by atoms with Crippen molar-refractivity contribution in [2.75, 3.05) is 28.4 Å². The van der Waals surface area contributed by atoms with Gasteiger partial charge in [0.2, 0.25) is 0 Å². The largest absolute Gasteiger partial charge is 0.496 e. The Morgan fingerprint density at radius 1 is 0.529 bits per heavy atom. The molecular weight excluding hydrogens is 424 g/mol. The van der Waals surface area contributed by atoms with Crippen LogP contribution in [0.3, 0.4) is 0 Å². The average Bonchev–Trinajstić information content (AvgIpc) is 3.37. The normalized spacial score (nSPS) is 18.6. The molecule has 2 aliphatic carbocycles. The SMILES string of the molecule is COC1=C(OC)C(c2cccc(C3C(OC)=C(OC)c4c(C)cccc43)c2)c2cccc(C)c21. The van der Waals surface area contributed by atoms with E-state index in [1.54, 1.807) is 28.4 Å². The van der Waals surface area contributed by atoms with Crippen molar-refractivity contribution in [2.45, 2.75) is 25.7 Å². The monoisotopic (exact) mass is 454 g/mol. The predicted molar refractivity (Wildman–Crippen MR) is 134 cm³/mol. The second-order valence-electron chi connectivity index (χ2n) is 8.82. The topological polar surface area (TPSA) is 36.9 Å². The van der Waals surface area contributed by atoms with Gasteiger partial charge in [-0.15, -0.1) is 0 Å². The summed E-state index contributed by atoms with van der Waals surface area (Å²) in [6.45, 7) is 4.23. The Hall–Kier alpha value is -3.66. The van der Waals surface area contributed by atoms with E-state index in [-0.39, 0.29) is 11.8 Å². The second-order valence-corrected chi connectivity index (χ2v) is 8.82. The van der Waals surface area contributed by atoms with Gasteiger partial charge in [-0.2, -0.15) is 0 Å². The average molecular weight is 455 g/mol. The first kappa shape index (κ1) is 22.1. The van der Waals surface area contributed by atoms with Crippen LogP contribution >= 0.6 is 0 Å². The van der Waals surface area contributed by atoms with Crippen molar-refractivity contribution in [3.63, 3.8) is 0 Å². The first-order chi connectivity index (χ1) is 16.5. The maximum Gasteiger partial charge on any atom is 0.165 e. The van der Waals surface area contributed by atoms with Crippen molar-refractivity contribution >= 4 is 11.5 Å². The molecule has 3 aromatic carbocycles. The van der Waals surface area contributed by atoms with Gasteiger partial charge in [0.15, 0.2) is 11.5 Å². The minimum atomic E-state index is -0.0370. The van der Waals surface area contributed by atoms with Gasteiger partial charge in [-0.05, 0) is 47.2 Å². The predicted octanol–water partition coefficient (Wildman–Crippen LogP) is 6.52. The van der Waals surface area contributed by atoms with E-state index >= 15 is 0 Å². The van der Waals surface area contributed by atoms with Gasteiger partial charge in [0.25, 0.3) is 0 Å². The van der Waals surface area contributed by atoms with Crippen LogP contribution in [0.25, 0.3) is 11.5 Å². The number of rotatable bonds is 6. The van der Waals surface area contributed by atoms with Crippen molar-refractivity contribution in [3.8, 4) is 0 Å². The lowest BCUT2D eigenvalue weighted by Crippen LogP contribution is -2.07. The summed E-state index contributed by atoms with van der Waals surface area (Å²) in [5, 5.41) is 0. The lowest BCUT2D eigenvalue weighted by Gasteiger charge is -2.20. The van der Waals surface area contributed by atoms with Crippen LogP contribution in [0, 0.1) is 13.8 Å². The van der Waals surface area contributed by atoms with E-state index in [2.05, 4.69) is 74.5 Å². The Balaban J connectivity index is 1.68. The highest BCUT2D eigenvalue weighted by Gasteiger charge is 2.38. The first-order valence-electron chi connectivity index (χ1n) is 11.5. The van der Waals surface area contributed by atoms with Crippen LogP contribution in [-0.2, 0) is 18.9 Å². The van der Waals surface area contributed by atoms with Crippen LogP contribution in [0.2, 0.25) is 0 Å². The number of hydrogen-bond acceptors (Lipinski definition) is 4. The van der Waals surface area contributed by atoms with Crippen LogP contribution in [0.15, 0.2) is 72.2 Å². The fraction of sp³-hybridized carbons (Fsp3) is 0.267.